The Kier molecular flexibility index (Phi) is 5.43. The molecule has 0 unspecified atom stereocenters. The summed E-state index contributed by atoms with van der Waals surface area (Å²) in [5, 5.41) is 3.11. The number of nitrogens with zero attached hydrogens (tertiary/aromatic N) is 1. The van der Waals surface area contributed by atoms with Crippen molar-refractivity contribution < 1.29 is 9.53 Å². The van der Waals surface area contributed by atoms with Gasteiger partial charge in [0.2, 0.25) is 0 Å². The number of ether oxygens (including phenoxy) is 1. The molecule has 1 N–H and O–H groups in total. The SMILES string of the molecule is CCN(C(=O)COc1ccc(Br)c(CNC)c1)C1CC1. The van der Waals surface area contributed by atoms with Gasteiger partial charge in [-0.25, -0.2) is 0 Å². The summed E-state index contributed by atoms with van der Waals surface area (Å²) in [6, 6.07) is 6.23. The molecule has 0 spiro atoms. The first-order valence-electron chi connectivity index (χ1n) is 7.01. The summed E-state index contributed by atoms with van der Waals surface area (Å²) in [6.07, 6.45) is 2.26. The van der Waals surface area contributed by atoms with Crippen molar-refractivity contribution >= 4 is 21.8 Å². The third-order valence-corrected chi connectivity index (χ3v) is 4.17. The molecule has 0 atom stereocenters. The number of rotatable bonds is 7. The van der Waals surface area contributed by atoms with Gasteiger partial charge in [-0.3, -0.25) is 4.79 Å². The molecule has 1 aliphatic carbocycles. The van der Waals surface area contributed by atoms with Crippen LogP contribution < -0.4 is 10.1 Å². The van der Waals surface area contributed by atoms with Gasteiger partial charge in [0.25, 0.3) is 5.91 Å². The van der Waals surface area contributed by atoms with Crippen LogP contribution in [0.1, 0.15) is 25.3 Å². The molecular weight excluding hydrogens is 320 g/mol. The highest BCUT2D eigenvalue weighted by Crippen LogP contribution is 2.27. The Hall–Kier alpha value is -1.07. The Labute approximate surface area is 128 Å². The van der Waals surface area contributed by atoms with Crippen LogP contribution in [0.5, 0.6) is 5.75 Å². The van der Waals surface area contributed by atoms with Crippen molar-refractivity contribution in [2.75, 3.05) is 20.2 Å². The van der Waals surface area contributed by atoms with Crippen LogP contribution in [-0.4, -0.2) is 37.0 Å². The molecule has 1 aliphatic rings. The third-order valence-electron chi connectivity index (χ3n) is 3.40. The lowest BCUT2D eigenvalue weighted by Crippen LogP contribution is -2.36. The maximum absolute atomic E-state index is 12.1. The molecule has 5 heteroatoms. The van der Waals surface area contributed by atoms with Crippen molar-refractivity contribution in [3.05, 3.63) is 28.2 Å². The Morgan fingerprint density at radius 1 is 1.50 bits per heavy atom. The maximum Gasteiger partial charge on any atom is 0.260 e. The third kappa shape index (κ3) is 3.96. The van der Waals surface area contributed by atoms with E-state index in [0.717, 1.165) is 41.7 Å². The van der Waals surface area contributed by atoms with Crippen molar-refractivity contribution in [2.45, 2.75) is 32.4 Å². The van der Waals surface area contributed by atoms with Crippen molar-refractivity contribution in [1.82, 2.24) is 10.2 Å². The zero-order valence-corrected chi connectivity index (χ0v) is 13.6. The first kappa shape index (κ1) is 15.3. The van der Waals surface area contributed by atoms with Crippen molar-refractivity contribution in [2.24, 2.45) is 0 Å². The molecule has 0 aliphatic heterocycles. The molecule has 1 amide bonds. The second-order valence-corrected chi connectivity index (χ2v) is 5.84. The number of hydrogen-bond acceptors (Lipinski definition) is 3. The minimum Gasteiger partial charge on any atom is -0.484 e. The predicted octanol–water partition coefficient (Wildman–Crippen LogP) is 2.56. The largest absolute Gasteiger partial charge is 0.484 e. The molecular formula is C15H21BrN2O2. The van der Waals surface area contributed by atoms with E-state index in [9.17, 15) is 4.79 Å². The average Bonchev–Trinajstić information content (AvgIpc) is 3.25. The number of carbonyl (C=O) groups is 1. The van der Waals surface area contributed by atoms with Crippen molar-refractivity contribution in [3.63, 3.8) is 0 Å². The van der Waals surface area contributed by atoms with Crippen LogP contribution in [0.25, 0.3) is 0 Å². The van der Waals surface area contributed by atoms with E-state index in [0.29, 0.717) is 6.04 Å². The number of amides is 1. The van der Waals surface area contributed by atoms with Gasteiger partial charge in [-0.15, -0.1) is 0 Å². The fraction of sp³-hybridized carbons (Fsp3) is 0.533. The second-order valence-electron chi connectivity index (χ2n) is 4.98. The Morgan fingerprint density at radius 2 is 2.25 bits per heavy atom. The van der Waals surface area contributed by atoms with Crippen molar-refractivity contribution in [3.8, 4) is 5.75 Å². The predicted molar refractivity (Wildman–Crippen MR) is 82.8 cm³/mol. The minimum absolute atomic E-state index is 0.0769. The molecule has 1 fully saturated rings. The molecule has 1 saturated carbocycles. The second kappa shape index (κ2) is 7.09. The van der Waals surface area contributed by atoms with Crippen LogP contribution in [0.2, 0.25) is 0 Å². The quantitative estimate of drug-likeness (QED) is 0.829. The zero-order valence-electron chi connectivity index (χ0n) is 12.0. The van der Waals surface area contributed by atoms with E-state index in [1.54, 1.807) is 0 Å². The van der Waals surface area contributed by atoms with Gasteiger partial charge >= 0.3 is 0 Å². The first-order chi connectivity index (χ1) is 9.65. The van der Waals surface area contributed by atoms with E-state index < -0.39 is 0 Å². The summed E-state index contributed by atoms with van der Waals surface area (Å²) in [4.78, 5) is 14.0. The summed E-state index contributed by atoms with van der Waals surface area (Å²) in [6.45, 7) is 3.65. The fourth-order valence-electron chi connectivity index (χ4n) is 2.22. The maximum atomic E-state index is 12.1. The van der Waals surface area contributed by atoms with Crippen LogP contribution in [0.3, 0.4) is 0 Å². The first-order valence-corrected chi connectivity index (χ1v) is 7.80. The number of likely N-dealkylation sites (N-methyl/N-ethyl adjacent to an activating group) is 1. The summed E-state index contributed by atoms with van der Waals surface area (Å²) >= 11 is 3.50. The Balaban J connectivity index is 1.92. The number of halogens is 1. The number of hydrogen-bond donors (Lipinski definition) is 1. The topological polar surface area (TPSA) is 41.6 Å². The van der Waals surface area contributed by atoms with Gasteiger partial charge in [0.1, 0.15) is 5.75 Å². The van der Waals surface area contributed by atoms with E-state index in [4.69, 9.17) is 4.74 Å². The summed E-state index contributed by atoms with van der Waals surface area (Å²) in [5.41, 5.74) is 1.12. The normalized spacial score (nSPS) is 14.2. The molecule has 2 rings (SSSR count). The van der Waals surface area contributed by atoms with E-state index in [1.165, 1.54) is 0 Å². The van der Waals surface area contributed by atoms with Crippen LogP contribution >= 0.6 is 15.9 Å². The van der Waals surface area contributed by atoms with Gasteiger partial charge in [0, 0.05) is 23.6 Å². The molecule has 1 aromatic carbocycles. The van der Waals surface area contributed by atoms with Gasteiger partial charge in [0.05, 0.1) is 0 Å². The van der Waals surface area contributed by atoms with E-state index in [2.05, 4.69) is 21.2 Å². The number of benzene rings is 1. The lowest BCUT2D eigenvalue weighted by molar-refractivity contribution is -0.133. The Morgan fingerprint density at radius 3 is 2.85 bits per heavy atom. The zero-order chi connectivity index (χ0) is 14.5. The van der Waals surface area contributed by atoms with Crippen LogP contribution in [0.4, 0.5) is 0 Å². The van der Waals surface area contributed by atoms with Gasteiger partial charge in [-0.2, -0.15) is 0 Å². The number of nitrogens with one attached hydrogen (secondary N) is 1. The standard InChI is InChI=1S/C15H21BrN2O2/c1-3-18(12-4-5-12)15(19)10-20-13-6-7-14(16)11(8-13)9-17-2/h6-8,12,17H,3-5,9-10H2,1-2H3. The highest BCUT2D eigenvalue weighted by Gasteiger charge is 2.31. The molecule has 110 valence electrons. The molecule has 0 heterocycles. The summed E-state index contributed by atoms with van der Waals surface area (Å²) in [7, 11) is 1.90. The van der Waals surface area contributed by atoms with Crippen molar-refractivity contribution in [1.29, 1.82) is 0 Å². The average molecular weight is 341 g/mol. The highest BCUT2D eigenvalue weighted by atomic mass is 79.9. The molecule has 20 heavy (non-hydrogen) atoms. The molecule has 0 bridgehead atoms. The van der Waals surface area contributed by atoms with E-state index >= 15 is 0 Å². The summed E-state index contributed by atoms with van der Waals surface area (Å²) < 4.78 is 6.67. The van der Waals surface area contributed by atoms with Gasteiger partial charge in [-0.1, -0.05) is 15.9 Å². The van der Waals surface area contributed by atoms with E-state index in [1.807, 2.05) is 37.1 Å². The van der Waals surface area contributed by atoms with Crippen LogP contribution in [0.15, 0.2) is 22.7 Å². The summed E-state index contributed by atoms with van der Waals surface area (Å²) in [5.74, 6) is 0.812. The monoisotopic (exact) mass is 340 g/mol. The van der Waals surface area contributed by atoms with Gasteiger partial charge < -0.3 is 15.0 Å². The molecule has 0 aromatic heterocycles. The van der Waals surface area contributed by atoms with E-state index in [-0.39, 0.29) is 12.5 Å². The smallest absolute Gasteiger partial charge is 0.260 e. The molecule has 0 saturated heterocycles. The van der Waals surface area contributed by atoms with Crippen LogP contribution in [0, 0.1) is 0 Å². The minimum atomic E-state index is 0.0769. The molecule has 1 aromatic rings. The fourth-order valence-corrected chi connectivity index (χ4v) is 2.61. The molecule has 4 nitrogen and oxygen atoms in total. The lowest BCUT2D eigenvalue weighted by atomic mass is 10.2. The lowest BCUT2D eigenvalue weighted by Gasteiger charge is -2.20. The van der Waals surface area contributed by atoms with Gasteiger partial charge in [0.15, 0.2) is 6.61 Å². The number of carbonyl (C=O) groups excluding carboxylic acids is 1. The Bertz CT molecular complexity index is 475. The van der Waals surface area contributed by atoms with Crippen LogP contribution in [-0.2, 0) is 11.3 Å². The molecule has 0 radical (unpaired) electrons. The highest BCUT2D eigenvalue weighted by molar-refractivity contribution is 9.10. The van der Waals surface area contributed by atoms with Gasteiger partial charge in [-0.05, 0) is 50.6 Å².